The normalized spacial score (nSPS) is 16.7. The molecular formula is C32H39NO8. The molecule has 2 aromatic rings. The van der Waals surface area contributed by atoms with Crippen molar-refractivity contribution in [3.63, 3.8) is 0 Å². The highest BCUT2D eigenvalue weighted by Crippen LogP contribution is 2.35. The summed E-state index contributed by atoms with van der Waals surface area (Å²) in [5, 5.41) is 0. The summed E-state index contributed by atoms with van der Waals surface area (Å²) in [6.45, 7) is 2.27. The standard InChI is InChI=1S/C32H39NO8/c1-22(34)41-29(19-24-10-12-26(13-11-24)27-14-16-38-17-15-27)31(36)33(2)28(18-23-8-9-23)32(37)40-21-30(35)39-20-25-6-4-3-5-7-25/h3-7,10-13,23,27-29H,8-9,14-21H2,1-2H3/t28-,29+/m0/s1. The van der Waals surface area contributed by atoms with Crippen LogP contribution in [0.15, 0.2) is 54.6 Å². The maximum atomic E-state index is 13.6. The largest absolute Gasteiger partial charge is 0.458 e. The van der Waals surface area contributed by atoms with Crippen molar-refractivity contribution in [2.75, 3.05) is 26.9 Å². The predicted molar refractivity (Wildman–Crippen MR) is 150 cm³/mol. The first-order valence-corrected chi connectivity index (χ1v) is 14.3. The average Bonchev–Trinajstić information content (AvgIpc) is 3.82. The number of amides is 1. The van der Waals surface area contributed by atoms with E-state index in [1.54, 1.807) is 0 Å². The predicted octanol–water partition coefficient (Wildman–Crippen LogP) is 3.97. The molecule has 1 amide bonds. The van der Waals surface area contributed by atoms with E-state index in [1.165, 1.54) is 24.4 Å². The molecule has 1 saturated heterocycles. The topological polar surface area (TPSA) is 108 Å². The third-order valence-corrected chi connectivity index (χ3v) is 7.59. The number of nitrogens with zero attached hydrogens (tertiary/aromatic N) is 1. The number of carbonyl (C=O) groups is 4. The number of likely N-dealkylation sites (N-methyl/N-ethyl adjacent to an activating group) is 1. The molecule has 4 rings (SSSR count). The van der Waals surface area contributed by atoms with E-state index in [0.717, 1.165) is 50.0 Å². The summed E-state index contributed by atoms with van der Waals surface area (Å²) >= 11 is 0. The fraction of sp³-hybridized carbons (Fsp3) is 0.500. The zero-order valence-electron chi connectivity index (χ0n) is 23.8. The molecule has 0 aromatic heterocycles. The molecule has 2 fully saturated rings. The number of rotatable bonds is 13. The average molecular weight is 566 g/mol. The first kappa shape index (κ1) is 30.2. The lowest BCUT2D eigenvalue weighted by Crippen LogP contribution is -2.49. The van der Waals surface area contributed by atoms with Crippen molar-refractivity contribution in [3.05, 3.63) is 71.3 Å². The van der Waals surface area contributed by atoms with Crippen LogP contribution in [0.2, 0.25) is 0 Å². The Balaban J connectivity index is 1.37. The van der Waals surface area contributed by atoms with Gasteiger partial charge in [-0.2, -0.15) is 0 Å². The van der Waals surface area contributed by atoms with Gasteiger partial charge in [0.2, 0.25) is 0 Å². The molecule has 0 N–H and O–H groups in total. The van der Waals surface area contributed by atoms with Crippen molar-refractivity contribution >= 4 is 23.8 Å². The van der Waals surface area contributed by atoms with Crippen LogP contribution >= 0.6 is 0 Å². The third kappa shape index (κ3) is 9.42. The van der Waals surface area contributed by atoms with E-state index in [9.17, 15) is 19.2 Å². The van der Waals surface area contributed by atoms with Gasteiger partial charge >= 0.3 is 17.9 Å². The highest BCUT2D eigenvalue weighted by molar-refractivity contribution is 5.89. The highest BCUT2D eigenvalue weighted by atomic mass is 16.6. The monoisotopic (exact) mass is 565 g/mol. The first-order valence-electron chi connectivity index (χ1n) is 14.3. The Hall–Kier alpha value is -3.72. The molecule has 0 radical (unpaired) electrons. The van der Waals surface area contributed by atoms with Crippen molar-refractivity contribution in [2.45, 2.75) is 70.1 Å². The van der Waals surface area contributed by atoms with E-state index in [2.05, 4.69) is 12.1 Å². The van der Waals surface area contributed by atoms with Gasteiger partial charge < -0.3 is 23.8 Å². The van der Waals surface area contributed by atoms with Crippen LogP contribution in [0, 0.1) is 5.92 Å². The second kappa shape index (κ2) is 14.8. The molecule has 1 aliphatic heterocycles. The molecule has 0 spiro atoms. The van der Waals surface area contributed by atoms with Crippen molar-refractivity contribution < 1.29 is 38.1 Å². The van der Waals surface area contributed by atoms with Crippen LogP contribution in [0.1, 0.15) is 61.6 Å². The van der Waals surface area contributed by atoms with E-state index in [-0.39, 0.29) is 18.9 Å². The third-order valence-electron chi connectivity index (χ3n) is 7.59. The fourth-order valence-electron chi connectivity index (χ4n) is 5.02. The minimum atomic E-state index is -1.10. The molecule has 1 heterocycles. The molecular weight excluding hydrogens is 526 g/mol. The van der Waals surface area contributed by atoms with Gasteiger partial charge in [-0.1, -0.05) is 67.4 Å². The Morgan fingerprint density at radius 1 is 0.902 bits per heavy atom. The lowest BCUT2D eigenvalue weighted by atomic mass is 9.90. The van der Waals surface area contributed by atoms with Gasteiger partial charge in [0.25, 0.3) is 5.91 Å². The molecule has 2 aliphatic rings. The zero-order chi connectivity index (χ0) is 29.2. The molecule has 41 heavy (non-hydrogen) atoms. The van der Waals surface area contributed by atoms with Crippen LogP contribution in [0.5, 0.6) is 0 Å². The second-order valence-electron chi connectivity index (χ2n) is 10.8. The van der Waals surface area contributed by atoms with E-state index in [0.29, 0.717) is 12.3 Å². The van der Waals surface area contributed by atoms with Gasteiger partial charge in [0, 0.05) is 33.6 Å². The summed E-state index contributed by atoms with van der Waals surface area (Å²) < 4.78 is 21.4. The van der Waals surface area contributed by atoms with Gasteiger partial charge in [-0.15, -0.1) is 0 Å². The number of esters is 3. The Morgan fingerprint density at radius 2 is 1.59 bits per heavy atom. The van der Waals surface area contributed by atoms with Crippen molar-refractivity contribution in [1.82, 2.24) is 4.90 Å². The van der Waals surface area contributed by atoms with Crippen molar-refractivity contribution in [3.8, 4) is 0 Å². The van der Waals surface area contributed by atoms with Gasteiger partial charge in [-0.3, -0.25) is 9.59 Å². The van der Waals surface area contributed by atoms with E-state index < -0.39 is 42.6 Å². The minimum absolute atomic E-state index is 0.0707. The first-order chi connectivity index (χ1) is 19.8. The van der Waals surface area contributed by atoms with Crippen LogP contribution in [-0.2, 0) is 51.2 Å². The zero-order valence-corrected chi connectivity index (χ0v) is 23.8. The Morgan fingerprint density at radius 3 is 2.22 bits per heavy atom. The molecule has 2 atom stereocenters. The van der Waals surface area contributed by atoms with E-state index in [4.69, 9.17) is 18.9 Å². The van der Waals surface area contributed by atoms with Crippen LogP contribution in [-0.4, -0.2) is 67.7 Å². The fourth-order valence-corrected chi connectivity index (χ4v) is 5.02. The summed E-state index contributed by atoms with van der Waals surface area (Å²) in [5.74, 6) is -1.71. The van der Waals surface area contributed by atoms with Gasteiger partial charge in [0.1, 0.15) is 12.6 Å². The molecule has 9 nitrogen and oxygen atoms in total. The highest BCUT2D eigenvalue weighted by Gasteiger charge is 2.38. The van der Waals surface area contributed by atoms with Gasteiger partial charge in [0.15, 0.2) is 12.7 Å². The molecule has 2 aromatic carbocycles. The maximum Gasteiger partial charge on any atom is 0.344 e. The smallest absolute Gasteiger partial charge is 0.344 e. The lowest BCUT2D eigenvalue weighted by molar-refractivity contribution is -0.167. The summed E-state index contributed by atoms with van der Waals surface area (Å²) in [5.41, 5.74) is 2.88. The number of hydrogen-bond donors (Lipinski definition) is 0. The number of hydrogen-bond acceptors (Lipinski definition) is 8. The number of benzene rings is 2. The van der Waals surface area contributed by atoms with Crippen LogP contribution in [0.4, 0.5) is 0 Å². The van der Waals surface area contributed by atoms with Crippen LogP contribution < -0.4 is 0 Å². The number of carbonyl (C=O) groups excluding carboxylic acids is 4. The molecule has 220 valence electrons. The van der Waals surface area contributed by atoms with Crippen molar-refractivity contribution in [2.24, 2.45) is 5.92 Å². The molecule has 9 heteroatoms. The Labute approximate surface area is 241 Å². The van der Waals surface area contributed by atoms with Crippen molar-refractivity contribution in [1.29, 1.82) is 0 Å². The summed E-state index contributed by atoms with van der Waals surface area (Å²) in [6, 6.07) is 16.3. The molecule has 1 aliphatic carbocycles. The molecule has 1 saturated carbocycles. The maximum absolute atomic E-state index is 13.6. The summed E-state index contributed by atoms with van der Waals surface area (Å²) in [4.78, 5) is 52.1. The minimum Gasteiger partial charge on any atom is -0.458 e. The molecule has 0 bridgehead atoms. The Bertz CT molecular complexity index is 1170. The Kier molecular flexibility index (Phi) is 10.9. The van der Waals surface area contributed by atoms with Gasteiger partial charge in [-0.25, -0.2) is 9.59 Å². The van der Waals surface area contributed by atoms with Gasteiger partial charge in [-0.05, 0) is 47.8 Å². The van der Waals surface area contributed by atoms with Crippen LogP contribution in [0.3, 0.4) is 0 Å². The summed E-state index contributed by atoms with van der Waals surface area (Å²) in [7, 11) is 1.51. The lowest BCUT2D eigenvalue weighted by Gasteiger charge is -2.30. The quantitative estimate of drug-likeness (QED) is 0.265. The number of ether oxygens (including phenoxy) is 4. The SMILES string of the molecule is CC(=O)O[C@H](Cc1ccc(C2CCOCC2)cc1)C(=O)N(C)[C@@H](CC1CC1)C(=O)OCC(=O)OCc1ccccc1. The summed E-state index contributed by atoms with van der Waals surface area (Å²) in [6.07, 6.45) is 3.34. The molecule has 0 unspecified atom stereocenters. The van der Waals surface area contributed by atoms with Crippen LogP contribution in [0.25, 0.3) is 0 Å². The second-order valence-corrected chi connectivity index (χ2v) is 10.8. The van der Waals surface area contributed by atoms with Gasteiger partial charge in [0.05, 0.1) is 0 Å². The van der Waals surface area contributed by atoms with E-state index >= 15 is 0 Å². The van der Waals surface area contributed by atoms with E-state index in [1.807, 2.05) is 42.5 Å².